The zero-order valence-corrected chi connectivity index (χ0v) is 12.9. The smallest absolute Gasteiger partial charge is 0.222 e. The molecule has 3 aromatic rings. The molecule has 0 spiro atoms. The van der Waals surface area contributed by atoms with Crippen molar-refractivity contribution < 1.29 is 4.39 Å². The van der Waals surface area contributed by atoms with Gasteiger partial charge in [-0.05, 0) is 41.8 Å². The van der Waals surface area contributed by atoms with Gasteiger partial charge in [0.25, 0.3) is 0 Å². The van der Waals surface area contributed by atoms with E-state index in [1.807, 2.05) is 28.9 Å². The van der Waals surface area contributed by atoms with Gasteiger partial charge in [0.1, 0.15) is 12.1 Å². The first kappa shape index (κ1) is 14.2. The van der Waals surface area contributed by atoms with Crippen LogP contribution in [0.25, 0.3) is 0 Å². The van der Waals surface area contributed by atoms with Gasteiger partial charge >= 0.3 is 0 Å². The Balaban J connectivity index is 1.71. The van der Waals surface area contributed by atoms with Crippen LogP contribution in [0.15, 0.2) is 54.9 Å². The largest absolute Gasteiger partial charge is 0.348 e. The van der Waals surface area contributed by atoms with Crippen molar-refractivity contribution in [3.05, 3.63) is 76.8 Å². The summed E-state index contributed by atoms with van der Waals surface area (Å²) >= 11 is 5.99. The Kier molecular flexibility index (Phi) is 3.50. The highest BCUT2D eigenvalue weighted by Crippen LogP contribution is 2.37. The van der Waals surface area contributed by atoms with Gasteiger partial charge in [-0.3, -0.25) is 0 Å². The third-order valence-corrected chi connectivity index (χ3v) is 4.41. The summed E-state index contributed by atoms with van der Waals surface area (Å²) in [4.78, 5) is 4.28. The van der Waals surface area contributed by atoms with Gasteiger partial charge in [-0.1, -0.05) is 35.9 Å². The minimum atomic E-state index is -0.234. The number of aromatic nitrogens is 3. The quantitative estimate of drug-likeness (QED) is 0.766. The van der Waals surface area contributed by atoms with E-state index in [-0.39, 0.29) is 17.9 Å². The Labute approximate surface area is 137 Å². The van der Waals surface area contributed by atoms with Crippen molar-refractivity contribution in [2.24, 2.45) is 0 Å². The molecular formula is C17H14ClFN4. The molecule has 1 aliphatic rings. The van der Waals surface area contributed by atoms with E-state index in [0.717, 1.165) is 17.5 Å². The number of halogens is 2. The molecule has 0 aliphatic carbocycles. The Morgan fingerprint density at radius 2 is 1.74 bits per heavy atom. The van der Waals surface area contributed by atoms with E-state index in [9.17, 15) is 4.39 Å². The van der Waals surface area contributed by atoms with Crippen LogP contribution in [0.5, 0.6) is 0 Å². The number of nitrogens with zero attached hydrogens (tertiary/aromatic N) is 3. The molecule has 0 bridgehead atoms. The SMILES string of the molecule is Fc1ccc([C@@H]2C[C@H](c3ccc(Cl)cc3)n3ncnc3N2)cc1. The number of benzene rings is 2. The van der Waals surface area contributed by atoms with Crippen molar-refractivity contribution in [3.63, 3.8) is 0 Å². The van der Waals surface area contributed by atoms with E-state index >= 15 is 0 Å². The molecule has 0 fully saturated rings. The molecule has 6 heteroatoms. The van der Waals surface area contributed by atoms with E-state index in [1.165, 1.54) is 18.5 Å². The summed E-state index contributed by atoms with van der Waals surface area (Å²) in [5.74, 6) is 0.479. The lowest BCUT2D eigenvalue weighted by molar-refractivity contribution is 0.430. The molecule has 2 heterocycles. The van der Waals surface area contributed by atoms with Crippen molar-refractivity contribution in [1.29, 1.82) is 0 Å². The minimum absolute atomic E-state index is 0.0491. The van der Waals surface area contributed by atoms with Crippen LogP contribution in [-0.2, 0) is 0 Å². The molecule has 0 amide bonds. The van der Waals surface area contributed by atoms with E-state index in [4.69, 9.17) is 11.6 Å². The second kappa shape index (κ2) is 5.66. The highest BCUT2D eigenvalue weighted by molar-refractivity contribution is 6.30. The molecule has 116 valence electrons. The van der Waals surface area contributed by atoms with E-state index in [2.05, 4.69) is 15.4 Å². The maximum atomic E-state index is 13.2. The zero-order chi connectivity index (χ0) is 15.8. The molecule has 1 aromatic heterocycles. The first-order chi connectivity index (χ1) is 11.2. The van der Waals surface area contributed by atoms with Crippen molar-refractivity contribution in [2.45, 2.75) is 18.5 Å². The summed E-state index contributed by atoms with van der Waals surface area (Å²) in [6.07, 6.45) is 2.34. The Bertz CT molecular complexity index is 813. The lowest BCUT2D eigenvalue weighted by atomic mass is 9.93. The summed E-state index contributed by atoms with van der Waals surface area (Å²) in [5.41, 5.74) is 2.15. The molecule has 1 aliphatic heterocycles. The molecule has 0 saturated carbocycles. The first-order valence-electron chi connectivity index (χ1n) is 7.38. The Morgan fingerprint density at radius 1 is 1.04 bits per heavy atom. The van der Waals surface area contributed by atoms with Crippen molar-refractivity contribution in [3.8, 4) is 0 Å². The summed E-state index contributed by atoms with van der Waals surface area (Å²) in [6, 6.07) is 14.4. The lowest BCUT2D eigenvalue weighted by Crippen LogP contribution is -2.28. The van der Waals surface area contributed by atoms with Gasteiger partial charge in [0.15, 0.2) is 0 Å². The van der Waals surface area contributed by atoms with Crippen LogP contribution >= 0.6 is 11.6 Å². The molecule has 23 heavy (non-hydrogen) atoms. The van der Waals surface area contributed by atoms with Crippen molar-refractivity contribution >= 4 is 17.5 Å². The number of hydrogen-bond donors (Lipinski definition) is 1. The van der Waals surface area contributed by atoms with Gasteiger partial charge in [0.2, 0.25) is 5.95 Å². The summed E-state index contributed by atoms with van der Waals surface area (Å²) in [6.45, 7) is 0. The topological polar surface area (TPSA) is 42.7 Å². The monoisotopic (exact) mass is 328 g/mol. The zero-order valence-electron chi connectivity index (χ0n) is 12.2. The van der Waals surface area contributed by atoms with Crippen LogP contribution in [-0.4, -0.2) is 14.8 Å². The van der Waals surface area contributed by atoms with Crippen LogP contribution in [0.4, 0.5) is 10.3 Å². The number of hydrogen-bond acceptors (Lipinski definition) is 3. The average Bonchev–Trinajstić information content (AvgIpc) is 3.04. The highest BCUT2D eigenvalue weighted by atomic mass is 35.5. The normalized spacial score (nSPS) is 19.9. The summed E-state index contributed by atoms with van der Waals surface area (Å²) in [5, 5.41) is 8.40. The van der Waals surface area contributed by atoms with Gasteiger partial charge in [-0.2, -0.15) is 10.1 Å². The number of fused-ring (bicyclic) bond motifs is 1. The number of nitrogens with one attached hydrogen (secondary N) is 1. The Morgan fingerprint density at radius 3 is 2.48 bits per heavy atom. The van der Waals surface area contributed by atoms with E-state index < -0.39 is 0 Å². The van der Waals surface area contributed by atoms with Crippen molar-refractivity contribution in [1.82, 2.24) is 14.8 Å². The van der Waals surface area contributed by atoms with Crippen LogP contribution < -0.4 is 5.32 Å². The molecular weight excluding hydrogens is 315 g/mol. The van der Waals surface area contributed by atoms with Crippen LogP contribution in [0, 0.1) is 5.82 Å². The fraction of sp³-hybridized carbons (Fsp3) is 0.176. The number of anilines is 1. The van der Waals surface area contributed by atoms with Crippen molar-refractivity contribution in [2.75, 3.05) is 5.32 Å². The average molecular weight is 329 g/mol. The summed E-state index contributed by atoms with van der Waals surface area (Å²) in [7, 11) is 0. The molecule has 0 radical (unpaired) electrons. The van der Waals surface area contributed by atoms with Gasteiger partial charge in [0.05, 0.1) is 12.1 Å². The van der Waals surface area contributed by atoms with Gasteiger partial charge < -0.3 is 5.32 Å². The Hall–Kier alpha value is -2.40. The molecule has 1 N–H and O–H groups in total. The third-order valence-electron chi connectivity index (χ3n) is 4.16. The molecule has 2 atom stereocenters. The van der Waals surface area contributed by atoms with Crippen LogP contribution in [0.1, 0.15) is 29.6 Å². The molecule has 2 aromatic carbocycles. The predicted octanol–water partition coefficient (Wildman–Crippen LogP) is 4.22. The summed E-state index contributed by atoms with van der Waals surface area (Å²) < 4.78 is 15.0. The second-order valence-electron chi connectivity index (χ2n) is 5.58. The molecule has 0 saturated heterocycles. The van der Waals surface area contributed by atoms with Gasteiger partial charge in [-0.15, -0.1) is 0 Å². The molecule has 4 rings (SSSR count). The van der Waals surface area contributed by atoms with Crippen LogP contribution in [0.2, 0.25) is 5.02 Å². The van der Waals surface area contributed by atoms with Gasteiger partial charge in [0, 0.05) is 5.02 Å². The molecule has 0 unspecified atom stereocenters. The second-order valence-corrected chi connectivity index (χ2v) is 6.02. The van der Waals surface area contributed by atoms with E-state index in [1.54, 1.807) is 12.1 Å². The number of rotatable bonds is 2. The van der Waals surface area contributed by atoms with Gasteiger partial charge in [-0.25, -0.2) is 9.07 Å². The lowest BCUT2D eigenvalue weighted by Gasteiger charge is -2.31. The first-order valence-corrected chi connectivity index (χ1v) is 7.75. The maximum Gasteiger partial charge on any atom is 0.222 e. The third kappa shape index (κ3) is 2.68. The standard InChI is InChI=1S/C17H14ClFN4/c18-13-5-1-12(2-6-13)16-9-15(11-3-7-14(19)8-4-11)22-17-20-10-21-23(16)17/h1-8,10,15-16H,9H2,(H,20,21,22)/t15-,16+/m0/s1. The minimum Gasteiger partial charge on any atom is -0.348 e. The maximum absolute atomic E-state index is 13.2. The molecule has 4 nitrogen and oxygen atoms in total. The van der Waals surface area contributed by atoms with E-state index in [0.29, 0.717) is 11.0 Å². The fourth-order valence-corrected chi connectivity index (χ4v) is 3.12. The fourth-order valence-electron chi connectivity index (χ4n) is 3.00. The van der Waals surface area contributed by atoms with Crippen LogP contribution in [0.3, 0.4) is 0 Å². The highest BCUT2D eigenvalue weighted by Gasteiger charge is 2.29. The predicted molar refractivity (Wildman–Crippen MR) is 87.0 cm³/mol.